The van der Waals surface area contributed by atoms with Crippen LogP contribution in [0.1, 0.15) is 40.2 Å². The number of carbonyl (C=O) groups excluding carboxylic acids is 1. The van der Waals surface area contributed by atoms with Crippen LogP contribution in [0.4, 0.5) is 5.69 Å². The maximum absolute atomic E-state index is 12.5. The number of carbonyl (C=O) groups is 1. The van der Waals surface area contributed by atoms with Gasteiger partial charge in [0.25, 0.3) is 0 Å². The molecule has 0 unspecified atom stereocenters. The van der Waals surface area contributed by atoms with Crippen LogP contribution in [0, 0.1) is 0 Å². The molecule has 3 rings (SSSR count). The second kappa shape index (κ2) is 7.01. The van der Waals surface area contributed by atoms with Crippen LogP contribution < -0.4 is 10.5 Å². The number of nitrogens with two attached hydrogens (primary N) is 1. The van der Waals surface area contributed by atoms with Gasteiger partial charge < -0.3 is 14.9 Å². The molecule has 3 aromatic rings. The Labute approximate surface area is 157 Å². The Balaban J connectivity index is 1.93. The zero-order valence-electron chi connectivity index (χ0n) is 14.0. The molecule has 5 nitrogen and oxygen atoms in total. The van der Waals surface area contributed by atoms with Crippen molar-refractivity contribution >= 4 is 55.8 Å². The molecular weight excluding hydrogens is 404 g/mol. The highest BCUT2D eigenvalue weighted by Crippen LogP contribution is 2.39. The Morgan fingerprint density at radius 3 is 2.84 bits per heavy atom. The fourth-order valence-corrected chi connectivity index (χ4v) is 3.90. The van der Waals surface area contributed by atoms with Gasteiger partial charge >= 0.3 is 0 Å². The molecule has 2 heterocycles. The number of nitrogens with zero attached hydrogens (tertiary/aromatic N) is 1. The first-order valence-corrected chi connectivity index (χ1v) is 9.26. The number of ether oxygens (including phenoxy) is 1. The number of furan rings is 1. The Kier molecular flexibility index (Phi) is 4.96. The molecule has 25 heavy (non-hydrogen) atoms. The van der Waals surface area contributed by atoms with Crippen molar-refractivity contribution in [2.75, 3.05) is 12.8 Å². The predicted molar refractivity (Wildman–Crippen MR) is 104 cm³/mol. The van der Waals surface area contributed by atoms with E-state index in [0.29, 0.717) is 32.8 Å². The summed E-state index contributed by atoms with van der Waals surface area (Å²) < 4.78 is 11.6. The minimum absolute atomic E-state index is 0.119. The van der Waals surface area contributed by atoms with Crippen molar-refractivity contribution in [2.24, 2.45) is 0 Å². The van der Waals surface area contributed by atoms with E-state index in [1.54, 1.807) is 42.9 Å². The van der Waals surface area contributed by atoms with Crippen molar-refractivity contribution in [1.29, 1.82) is 0 Å². The summed E-state index contributed by atoms with van der Waals surface area (Å²) in [6.07, 6.45) is 4.94. The van der Waals surface area contributed by atoms with Gasteiger partial charge in [-0.05, 0) is 40.2 Å². The number of anilines is 1. The van der Waals surface area contributed by atoms with E-state index in [4.69, 9.17) is 14.9 Å². The lowest BCUT2D eigenvalue weighted by molar-refractivity contribution is 0.102. The smallest absolute Gasteiger partial charge is 0.223 e. The van der Waals surface area contributed by atoms with E-state index in [-0.39, 0.29) is 11.5 Å². The van der Waals surface area contributed by atoms with Gasteiger partial charge in [-0.3, -0.25) is 4.79 Å². The molecule has 0 radical (unpaired) electrons. The average molecular weight is 421 g/mol. The number of hydrogen-bond acceptors (Lipinski definition) is 6. The number of nitrogen functional groups attached to an aromatic ring is 1. The summed E-state index contributed by atoms with van der Waals surface area (Å²) in [6, 6.07) is 3.48. The normalized spacial score (nSPS) is 11.7. The van der Waals surface area contributed by atoms with Crippen LogP contribution in [-0.4, -0.2) is 17.9 Å². The first-order chi connectivity index (χ1) is 11.9. The molecule has 0 aliphatic heterocycles. The molecule has 0 atom stereocenters. The first-order valence-electron chi connectivity index (χ1n) is 7.65. The lowest BCUT2D eigenvalue weighted by atomic mass is 10.2. The zero-order chi connectivity index (χ0) is 18.1. The molecule has 0 amide bonds. The molecule has 0 aliphatic rings. The van der Waals surface area contributed by atoms with Gasteiger partial charge in [0, 0.05) is 17.0 Å². The largest absolute Gasteiger partial charge is 0.496 e. The fourth-order valence-electron chi connectivity index (χ4n) is 2.37. The monoisotopic (exact) mass is 420 g/mol. The third-order valence-corrected chi connectivity index (χ3v) is 5.72. The molecule has 2 N–H and O–H groups in total. The quantitative estimate of drug-likeness (QED) is 0.449. The number of fused-ring (bicyclic) bond motifs is 1. The van der Waals surface area contributed by atoms with Gasteiger partial charge in [-0.1, -0.05) is 13.8 Å². The second-order valence-corrected chi connectivity index (χ2v) is 7.64. The van der Waals surface area contributed by atoms with Gasteiger partial charge in [-0.2, -0.15) is 0 Å². The number of hydrogen-bond donors (Lipinski definition) is 1. The van der Waals surface area contributed by atoms with Gasteiger partial charge in [0.15, 0.2) is 5.76 Å². The Morgan fingerprint density at radius 2 is 2.20 bits per heavy atom. The van der Waals surface area contributed by atoms with Crippen molar-refractivity contribution in [3.8, 4) is 5.75 Å². The van der Waals surface area contributed by atoms with Crippen molar-refractivity contribution in [3.63, 3.8) is 0 Å². The lowest BCUT2D eigenvalue weighted by Crippen LogP contribution is -1.97. The van der Waals surface area contributed by atoms with Crippen molar-refractivity contribution < 1.29 is 13.9 Å². The topological polar surface area (TPSA) is 78.3 Å². The van der Waals surface area contributed by atoms with Crippen LogP contribution in [-0.2, 0) is 0 Å². The molecule has 0 bridgehead atoms. The standard InChI is InChI=1S/C18H17BrN2O3S/c1-9(2)18-21-8-10(25-18)4-5-11(22)17-16(20)14-12(24-17)6-7-13(23-3)15(14)19/h4-9H,20H2,1-3H3. The van der Waals surface area contributed by atoms with Crippen LogP contribution >= 0.6 is 27.3 Å². The zero-order valence-corrected chi connectivity index (χ0v) is 16.4. The van der Waals surface area contributed by atoms with E-state index in [9.17, 15) is 4.79 Å². The highest BCUT2D eigenvalue weighted by molar-refractivity contribution is 9.10. The molecule has 1 aromatic carbocycles. The van der Waals surface area contributed by atoms with Crippen LogP contribution in [0.2, 0.25) is 0 Å². The molecule has 0 saturated carbocycles. The van der Waals surface area contributed by atoms with Gasteiger partial charge in [0.1, 0.15) is 11.3 Å². The lowest BCUT2D eigenvalue weighted by Gasteiger charge is -2.03. The van der Waals surface area contributed by atoms with Crippen LogP contribution in [0.25, 0.3) is 17.0 Å². The minimum Gasteiger partial charge on any atom is -0.496 e. The van der Waals surface area contributed by atoms with Crippen molar-refractivity contribution in [2.45, 2.75) is 19.8 Å². The molecule has 7 heteroatoms. The maximum Gasteiger partial charge on any atom is 0.223 e. The van der Waals surface area contributed by atoms with E-state index < -0.39 is 0 Å². The van der Waals surface area contributed by atoms with Gasteiger partial charge in [0.05, 0.1) is 27.7 Å². The number of benzene rings is 1. The number of halogens is 1. The summed E-state index contributed by atoms with van der Waals surface area (Å²) in [5.74, 6) is 0.814. The molecule has 130 valence electrons. The van der Waals surface area contributed by atoms with Crippen molar-refractivity contribution in [1.82, 2.24) is 4.98 Å². The number of ketones is 1. The highest BCUT2D eigenvalue weighted by Gasteiger charge is 2.20. The first kappa shape index (κ1) is 17.7. The van der Waals surface area contributed by atoms with Gasteiger partial charge in [0.2, 0.25) is 5.78 Å². The number of methoxy groups -OCH3 is 1. The Hall–Kier alpha value is -2.12. The molecular formula is C18H17BrN2O3S. The minimum atomic E-state index is -0.293. The second-order valence-electron chi connectivity index (χ2n) is 5.75. The summed E-state index contributed by atoms with van der Waals surface area (Å²) in [5.41, 5.74) is 6.96. The maximum atomic E-state index is 12.5. The SMILES string of the molecule is COc1ccc2oc(C(=O)C=Cc3cnc(C(C)C)s3)c(N)c2c1Br. The number of allylic oxidation sites excluding steroid dienone is 1. The van der Waals surface area contributed by atoms with E-state index in [1.807, 2.05) is 0 Å². The molecule has 0 spiro atoms. The van der Waals surface area contributed by atoms with Crippen LogP contribution in [0.5, 0.6) is 5.75 Å². The fraction of sp³-hybridized carbons (Fsp3) is 0.222. The number of rotatable bonds is 5. The summed E-state index contributed by atoms with van der Waals surface area (Å²) in [4.78, 5) is 17.7. The van der Waals surface area contributed by atoms with E-state index in [2.05, 4.69) is 34.8 Å². The molecule has 0 fully saturated rings. The van der Waals surface area contributed by atoms with Gasteiger partial charge in [-0.15, -0.1) is 11.3 Å². The number of aromatic nitrogens is 1. The van der Waals surface area contributed by atoms with E-state index in [1.165, 1.54) is 6.08 Å². The van der Waals surface area contributed by atoms with Crippen molar-refractivity contribution in [3.05, 3.63) is 44.5 Å². The van der Waals surface area contributed by atoms with Gasteiger partial charge in [-0.25, -0.2) is 4.98 Å². The summed E-state index contributed by atoms with van der Waals surface area (Å²) in [5, 5.41) is 1.67. The molecule has 2 aromatic heterocycles. The predicted octanol–water partition coefficient (Wildman–Crippen LogP) is 5.26. The summed E-state index contributed by atoms with van der Waals surface area (Å²) in [7, 11) is 1.57. The average Bonchev–Trinajstić information content (AvgIpc) is 3.18. The number of thiazole rings is 1. The Bertz CT molecular complexity index is 972. The van der Waals surface area contributed by atoms with Crippen LogP contribution in [0.3, 0.4) is 0 Å². The molecule has 0 aliphatic carbocycles. The third-order valence-electron chi connectivity index (χ3n) is 3.67. The summed E-state index contributed by atoms with van der Waals surface area (Å²) >= 11 is 5.01. The molecule has 0 saturated heterocycles. The van der Waals surface area contributed by atoms with E-state index in [0.717, 1.165) is 9.88 Å². The summed E-state index contributed by atoms with van der Waals surface area (Å²) in [6.45, 7) is 4.16. The Morgan fingerprint density at radius 1 is 1.44 bits per heavy atom. The van der Waals surface area contributed by atoms with Crippen LogP contribution in [0.15, 0.2) is 33.3 Å². The third kappa shape index (κ3) is 3.34. The van der Waals surface area contributed by atoms with E-state index >= 15 is 0 Å². The highest BCUT2D eigenvalue weighted by atomic mass is 79.9.